The third-order valence-electron chi connectivity index (χ3n) is 5.58. The summed E-state index contributed by atoms with van der Waals surface area (Å²) < 4.78 is 21.3. The molecule has 0 atom stereocenters. The van der Waals surface area contributed by atoms with Crippen molar-refractivity contribution in [1.82, 2.24) is 9.97 Å². The molecule has 202 valence electrons. The van der Waals surface area contributed by atoms with E-state index in [1.165, 1.54) is 21.3 Å². The molecular weight excluding hydrogens is 544 g/mol. The first-order valence-corrected chi connectivity index (χ1v) is 13.1. The van der Waals surface area contributed by atoms with E-state index in [1.807, 2.05) is 0 Å². The first-order chi connectivity index (χ1) is 18.8. The van der Waals surface area contributed by atoms with Gasteiger partial charge in [0.1, 0.15) is 27.2 Å². The summed E-state index contributed by atoms with van der Waals surface area (Å²) in [5, 5.41) is 15.0. The molecule has 14 heteroatoms. The largest absolute Gasteiger partial charge is 0.493 e. The zero-order valence-electron chi connectivity index (χ0n) is 21.4. The van der Waals surface area contributed by atoms with Crippen LogP contribution in [0.1, 0.15) is 27.9 Å². The van der Waals surface area contributed by atoms with Gasteiger partial charge in [-0.1, -0.05) is 0 Å². The van der Waals surface area contributed by atoms with Crippen molar-refractivity contribution < 1.29 is 28.5 Å². The van der Waals surface area contributed by atoms with E-state index in [-0.39, 0.29) is 40.1 Å². The molecule has 0 bridgehead atoms. The Morgan fingerprint density at radius 3 is 2.38 bits per heavy atom. The van der Waals surface area contributed by atoms with Gasteiger partial charge in [0.2, 0.25) is 5.75 Å². The van der Waals surface area contributed by atoms with Crippen LogP contribution in [0.3, 0.4) is 0 Å². The van der Waals surface area contributed by atoms with Crippen LogP contribution in [0.15, 0.2) is 17.5 Å². The van der Waals surface area contributed by atoms with E-state index in [4.69, 9.17) is 30.4 Å². The number of pyridine rings is 1. The maximum absolute atomic E-state index is 13.2. The average molecular weight is 569 g/mol. The van der Waals surface area contributed by atoms with Crippen molar-refractivity contribution in [1.29, 1.82) is 5.26 Å². The van der Waals surface area contributed by atoms with Crippen LogP contribution in [0.5, 0.6) is 17.2 Å². The lowest BCUT2D eigenvalue weighted by Crippen LogP contribution is -2.12. The Bertz CT molecular complexity index is 1600. The van der Waals surface area contributed by atoms with Gasteiger partial charge >= 0.3 is 5.97 Å². The molecule has 12 nitrogen and oxygen atoms in total. The molecule has 0 aliphatic heterocycles. The SMILES string of the molecule is CCOC(=O)Cc1csc(NC(=O)c2sc3nc(N)c(C#N)c(-c4cc(OC)c(OC)c(OC)c4)c3c2N)n1. The summed E-state index contributed by atoms with van der Waals surface area (Å²) in [6, 6.07) is 5.41. The molecule has 3 heterocycles. The van der Waals surface area contributed by atoms with Gasteiger partial charge in [-0.05, 0) is 24.6 Å². The van der Waals surface area contributed by atoms with Crippen molar-refractivity contribution in [3.63, 3.8) is 0 Å². The van der Waals surface area contributed by atoms with Crippen LogP contribution in [0.2, 0.25) is 0 Å². The highest BCUT2D eigenvalue weighted by atomic mass is 32.1. The van der Waals surface area contributed by atoms with E-state index >= 15 is 0 Å². The minimum atomic E-state index is -0.527. The quantitative estimate of drug-likeness (QED) is 0.249. The number of nitriles is 1. The zero-order chi connectivity index (χ0) is 28.3. The fraction of sp³-hybridized carbons (Fsp3) is 0.240. The molecule has 0 spiro atoms. The Hall–Kier alpha value is -4.61. The summed E-state index contributed by atoms with van der Waals surface area (Å²) in [6.07, 6.45) is -0.0104. The molecule has 1 aromatic carbocycles. The number of fused-ring (bicyclic) bond motifs is 1. The molecule has 0 aliphatic rings. The monoisotopic (exact) mass is 568 g/mol. The molecule has 0 saturated heterocycles. The van der Waals surface area contributed by atoms with Gasteiger partial charge in [0, 0.05) is 16.3 Å². The number of carbonyl (C=O) groups excluding carboxylic acids is 2. The number of thiazole rings is 1. The minimum Gasteiger partial charge on any atom is -0.493 e. The highest BCUT2D eigenvalue weighted by Crippen LogP contribution is 2.47. The number of esters is 1. The summed E-state index contributed by atoms with van der Waals surface area (Å²) in [5.41, 5.74) is 14.2. The second-order valence-electron chi connectivity index (χ2n) is 7.88. The van der Waals surface area contributed by atoms with E-state index < -0.39 is 11.9 Å². The normalized spacial score (nSPS) is 10.6. The van der Waals surface area contributed by atoms with Crippen molar-refractivity contribution in [2.45, 2.75) is 13.3 Å². The number of benzene rings is 1. The molecule has 3 aromatic heterocycles. The summed E-state index contributed by atoms with van der Waals surface area (Å²) >= 11 is 2.18. The molecule has 0 saturated carbocycles. The number of hydrogen-bond donors (Lipinski definition) is 3. The summed E-state index contributed by atoms with van der Waals surface area (Å²) in [7, 11) is 4.43. The summed E-state index contributed by atoms with van der Waals surface area (Å²) in [5.74, 6) is 0.114. The first-order valence-electron chi connectivity index (χ1n) is 11.4. The molecule has 4 rings (SSSR count). The first kappa shape index (κ1) is 27.4. The molecule has 5 N–H and O–H groups in total. The molecule has 0 radical (unpaired) electrons. The van der Waals surface area contributed by atoms with E-state index in [0.29, 0.717) is 44.3 Å². The Kier molecular flexibility index (Phi) is 8.03. The van der Waals surface area contributed by atoms with Gasteiger partial charge in [-0.2, -0.15) is 5.26 Å². The van der Waals surface area contributed by atoms with E-state index in [1.54, 1.807) is 24.4 Å². The maximum atomic E-state index is 13.2. The number of amides is 1. The van der Waals surface area contributed by atoms with Gasteiger partial charge in [-0.3, -0.25) is 14.9 Å². The number of nitrogens with zero attached hydrogens (tertiary/aromatic N) is 3. The number of anilines is 3. The number of nitrogens with one attached hydrogen (secondary N) is 1. The van der Waals surface area contributed by atoms with Crippen LogP contribution >= 0.6 is 22.7 Å². The lowest BCUT2D eigenvalue weighted by molar-refractivity contribution is -0.142. The lowest BCUT2D eigenvalue weighted by atomic mass is 9.96. The highest BCUT2D eigenvalue weighted by Gasteiger charge is 2.26. The molecule has 4 aromatic rings. The van der Waals surface area contributed by atoms with E-state index in [9.17, 15) is 14.9 Å². The van der Waals surface area contributed by atoms with Crippen molar-refractivity contribution in [3.05, 3.63) is 33.6 Å². The molecular formula is C25H24N6O6S2. The van der Waals surface area contributed by atoms with Gasteiger partial charge in [0.15, 0.2) is 16.6 Å². The Morgan fingerprint density at radius 1 is 1.10 bits per heavy atom. The maximum Gasteiger partial charge on any atom is 0.311 e. The number of carbonyl (C=O) groups is 2. The predicted molar refractivity (Wildman–Crippen MR) is 149 cm³/mol. The topological polar surface area (TPSA) is 185 Å². The Morgan fingerprint density at radius 2 is 1.79 bits per heavy atom. The number of nitrogen functional groups attached to an aromatic ring is 2. The van der Waals surface area contributed by atoms with Crippen LogP contribution in [0, 0.1) is 11.3 Å². The molecule has 39 heavy (non-hydrogen) atoms. The van der Waals surface area contributed by atoms with Crippen molar-refractivity contribution in [2.24, 2.45) is 0 Å². The number of methoxy groups -OCH3 is 3. The van der Waals surface area contributed by atoms with Crippen LogP contribution in [0.4, 0.5) is 16.6 Å². The van der Waals surface area contributed by atoms with Crippen molar-refractivity contribution in [2.75, 3.05) is 44.7 Å². The van der Waals surface area contributed by atoms with Gasteiger partial charge in [0.05, 0.1) is 45.7 Å². The number of aromatic nitrogens is 2. The number of rotatable bonds is 9. The molecule has 0 fully saturated rings. The minimum absolute atomic E-state index is 0.0104. The van der Waals surface area contributed by atoms with Gasteiger partial charge in [-0.25, -0.2) is 9.97 Å². The van der Waals surface area contributed by atoms with Crippen LogP contribution in [-0.4, -0.2) is 49.8 Å². The highest BCUT2D eigenvalue weighted by molar-refractivity contribution is 7.21. The predicted octanol–water partition coefficient (Wildman–Crippen LogP) is 3.84. The third-order valence-corrected chi connectivity index (χ3v) is 7.48. The third kappa shape index (κ3) is 5.22. The van der Waals surface area contributed by atoms with E-state index in [0.717, 1.165) is 22.7 Å². The summed E-state index contributed by atoms with van der Waals surface area (Å²) in [4.78, 5) is 34.1. The summed E-state index contributed by atoms with van der Waals surface area (Å²) in [6.45, 7) is 1.98. The number of hydrogen-bond acceptors (Lipinski definition) is 13. The van der Waals surface area contributed by atoms with Gasteiger partial charge in [0.25, 0.3) is 5.91 Å². The molecule has 1 amide bonds. The van der Waals surface area contributed by atoms with Gasteiger partial charge < -0.3 is 30.4 Å². The van der Waals surface area contributed by atoms with E-state index in [2.05, 4.69) is 21.4 Å². The fourth-order valence-corrected chi connectivity index (χ4v) is 5.64. The van der Waals surface area contributed by atoms with Gasteiger partial charge in [-0.15, -0.1) is 22.7 Å². The van der Waals surface area contributed by atoms with Crippen LogP contribution in [0.25, 0.3) is 21.3 Å². The number of nitrogens with two attached hydrogens (primary N) is 2. The average Bonchev–Trinajstić information content (AvgIpc) is 3.49. The van der Waals surface area contributed by atoms with Crippen LogP contribution < -0.4 is 31.0 Å². The van der Waals surface area contributed by atoms with Crippen LogP contribution in [-0.2, 0) is 16.0 Å². The zero-order valence-corrected chi connectivity index (χ0v) is 23.0. The second kappa shape index (κ2) is 11.4. The Balaban J connectivity index is 1.80. The Labute approximate surface area is 231 Å². The standard InChI is InChI=1S/C25H24N6O6S2/c1-5-37-16(32)8-12-10-38-25(29-12)31-23(33)21-19(27)18-17(13(9-26)22(28)30-24(18)39-21)11-6-14(34-2)20(36-4)15(7-11)35-3/h6-7,10H,5,8,27H2,1-4H3,(H2,28,30)(H,29,31,33). The number of thiophene rings is 1. The second-order valence-corrected chi connectivity index (χ2v) is 9.73. The smallest absolute Gasteiger partial charge is 0.311 e. The molecule has 0 aliphatic carbocycles. The molecule has 0 unspecified atom stereocenters. The van der Waals surface area contributed by atoms with Crippen molar-refractivity contribution in [3.8, 4) is 34.4 Å². The lowest BCUT2D eigenvalue weighted by Gasteiger charge is -2.16. The number of ether oxygens (including phenoxy) is 4. The fourth-order valence-electron chi connectivity index (χ4n) is 3.93. The van der Waals surface area contributed by atoms with Crippen molar-refractivity contribution >= 4 is 61.4 Å².